The van der Waals surface area contributed by atoms with Crippen molar-refractivity contribution < 1.29 is 9.59 Å². The highest BCUT2D eigenvalue weighted by molar-refractivity contribution is 5.96. The third kappa shape index (κ3) is 4.51. The molecule has 7 nitrogen and oxygen atoms in total. The minimum atomic E-state index is -0.158. The molecule has 148 valence electrons. The number of pyridine rings is 2. The van der Waals surface area contributed by atoms with E-state index in [1.165, 1.54) is 0 Å². The molecule has 3 aromatic rings. The van der Waals surface area contributed by atoms with Crippen LogP contribution in [-0.4, -0.2) is 46.3 Å². The molecule has 0 atom stereocenters. The second kappa shape index (κ2) is 8.68. The van der Waals surface area contributed by atoms with Crippen molar-refractivity contribution in [2.24, 2.45) is 0 Å². The van der Waals surface area contributed by atoms with Crippen LogP contribution in [0.25, 0.3) is 10.8 Å². The molecule has 1 saturated heterocycles. The van der Waals surface area contributed by atoms with E-state index in [9.17, 15) is 9.59 Å². The highest BCUT2D eigenvalue weighted by Gasteiger charge is 2.19. The fraction of sp³-hybridized carbons (Fsp3) is 0.273. The molecule has 0 saturated carbocycles. The quantitative estimate of drug-likeness (QED) is 0.606. The van der Waals surface area contributed by atoms with Crippen molar-refractivity contribution in [1.82, 2.24) is 20.2 Å². The van der Waals surface area contributed by atoms with E-state index in [1.54, 1.807) is 24.5 Å². The summed E-state index contributed by atoms with van der Waals surface area (Å²) in [5.41, 5.74) is 0.528. The molecule has 0 unspecified atom stereocenters. The van der Waals surface area contributed by atoms with E-state index in [2.05, 4.69) is 20.6 Å². The van der Waals surface area contributed by atoms with Crippen molar-refractivity contribution >= 4 is 34.2 Å². The summed E-state index contributed by atoms with van der Waals surface area (Å²) in [5, 5.41) is 8.18. The summed E-state index contributed by atoms with van der Waals surface area (Å²) in [6.07, 6.45) is 5.67. The molecule has 0 bridgehead atoms. The Morgan fingerprint density at radius 1 is 1.10 bits per heavy atom. The highest BCUT2D eigenvalue weighted by atomic mass is 16.2. The molecule has 1 fully saturated rings. The van der Waals surface area contributed by atoms with Gasteiger partial charge < -0.3 is 15.5 Å². The van der Waals surface area contributed by atoms with Crippen LogP contribution in [0.15, 0.2) is 54.9 Å². The molecular formula is C22H23N5O2. The number of benzene rings is 1. The normalized spacial score (nSPS) is 13.7. The van der Waals surface area contributed by atoms with Gasteiger partial charge in [-0.1, -0.05) is 24.3 Å². The number of carbonyl (C=O) groups excluding carboxylic acids is 2. The zero-order valence-corrected chi connectivity index (χ0v) is 16.1. The van der Waals surface area contributed by atoms with Gasteiger partial charge in [-0.25, -0.2) is 9.97 Å². The lowest BCUT2D eigenvalue weighted by molar-refractivity contribution is -0.127. The number of hydrogen-bond donors (Lipinski definition) is 2. The average molecular weight is 389 g/mol. The number of hydrogen-bond acceptors (Lipinski definition) is 5. The van der Waals surface area contributed by atoms with Gasteiger partial charge in [0.15, 0.2) is 0 Å². The number of aromatic nitrogens is 2. The zero-order valence-electron chi connectivity index (χ0n) is 16.1. The lowest BCUT2D eigenvalue weighted by atomic mass is 10.1. The van der Waals surface area contributed by atoms with Crippen molar-refractivity contribution in [3.63, 3.8) is 0 Å². The summed E-state index contributed by atoms with van der Waals surface area (Å²) in [6.45, 7) is 2.04. The Bertz CT molecular complexity index is 1030. The molecule has 0 spiro atoms. The number of nitrogens with zero attached hydrogens (tertiary/aromatic N) is 3. The Kier molecular flexibility index (Phi) is 5.65. The third-order valence-corrected chi connectivity index (χ3v) is 5.00. The van der Waals surface area contributed by atoms with Gasteiger partial charge in [0.1, 0.15) is 11.6 Å². The summed E-state index contributed by atoms with van der Waals surface area (Å²) in [6, 6.07) is 13.3. The largest absolute Gasteiger partial charge is 0.352 e. The predicted molar refractivity (Wildman–Crippen MR) is 112 cm³/mol. The Morgan fingerprint density at radius 2 is 1.97 bits per heavy atom. The molecule has 2 aromatic heterocycles. The number of nitrogens with one attached hydrogen (secondary N) is 2. The van der Waals surface area contributed by atoms with Crippen molar-refractivity contribution in [3.05, 3.63) is 60.4 Å². The molecule has 29 heavy (non-hydrogen) atoms. The smallest absolute Gasteiger partial charge is 0.251 e. The molecule has 3 heterocycles. The van der Waals surface area contributed by atoms with Gasteiger partial charge >= 0.3 is 0 Å². The summed E-state index contributed by atoms with van der Waals surface area (Å²) in [5.74, 6) is 1.31. The maximum Gasteiger partial charge on any atom is 0.251 e. The van der Waals surface area contributed by atoms with Gasteiger partial charge in [-0.3, -0.25) is 9.59 Å². The number of rotatable bonds is 7. The van der Waals surface area contributed by atoms with Crippen molar-refractivity contribution in [3.8, 4) is 0 Å². The lowest BCUT2D eigenvalue weighted by Gasteiger charge is -2.15. The molecule has 2 amide bonds. The zero-order chi connectivity index (χ0) is 20.1. The van der Waals surface area contributed by atoms with Crippen LogP contribution in [0.1, 0.15) is 29.6 Å². The Balaban J connectivity index is 1.36. The minimum Gasteiger partial charge on any atom is -0.352 e. The molecular weight excluding hydrogens is 366 g/mol. The number of amides is 2. The number of likely N-dealkylation sites (tertiary alicyclic amines) is 1. The van der Waals surface area contributed by atoms with Crippen molar-refractivity contribution in [1.29, 1.82) is 0 Å². The first-order valence-corrected chi connectivity index (χ1v) is 9.83. The van der Waals surface area contributed by atoms with E-state index in [-0.39, 0.29) is 11.8 Å². The summed E-state index contributed by atoms with van der Waals surface area (Å²) >= 11 is 0. The summed E-state index contributed by atoms with van der Waals surface area (Å²) in [4.78, 5) is 34.6. The van der Waals surface area contributed by atoms with E-state index in [1.807, 2.05) is 35.2 Å². The molecule has 7 heteroatoms. The molecule has 4 rings (SSSR count). The van der Waals surface area contributed by atoms with Gasteiger partial charge in [0.25, 0.3) is 5.91 Å². The van der Waals surface area contributed by atoms with E-state index >= 15 is 0 Å². The number of anilines is 2. The van der Waals surface area contributed by atoms with Crippen molar-refractivity contribution in [2.45, 2.75) is 19.3 Å². The van der Waals surface area contributed by atoms with Crippen LogP contribution in [0.3, 0.4) is 0 Å². The van der Waals surface area contributed by atoms with Crippen LogP contribution in [-0.2, 0) is 4.79 Å². The van der Waals surface area contributed by atoms with E-state index in [0.29, 0.717) is 36.7 Å². The first-order valence-electron chi connectivity index (χ1n) is 9.83. The van der Waals surface area contributed by atoms with Gasteiger partial charge in [0.05, 0.1) is 0 Å². The van der Waals surface area contributed by atoms with Crippen LogP contribution in [0.4, 0.5) is 11.6 Å². The third-order valence-electron chi connectivity index (χ3n) is 5.00. The Hall–Kier alpha value is -3.48. The van der Waals surface area contributed by atoms with Crippen LogP contribution in [0.5, 0.6) is 0 Å². The topological polar surface area (TPSA) is 87.2 Å². The minimum absolute atomic E-state index is 0.158. The highest BCUT2D eigenvalue weighted by Crippen LogP contribution is 2.23. The SMILES string of the molecule is O=C(NCCCN1CCCC1=O)c1ccnc(Nc2nccc3ccccc23)c1. The molecule has 2 N–H and O–H groups in total. The maximum atomic E-state index is 12.5. The van der Waals surface area contributed by atoms with E-state index in [4.69, 9.17) is 0 Å². The van der Waals surface area contributed by atoms with Gasteiger partial charge in [-0.2, -0.15) is 0 Å². The van der Waals surface area contributed by atoms with Gasteiger partial charge in [-0.15, -0.1) is 0 Å². The monoisotopic (exact) mass is 389 g/mol. The molecule has 0 aliphatic carbocycles. The van der Waals surface area contributed by atoms with Gasteiger partial charge in [-0.05, 0) is 36.4 Å². The fourth-order valence-corrected chi connectivity index (χ4v) is 3.50. The first-order chi connectivity index (χ1) is 14.2. The fourth-order valence-electron chi connectivity index (χ4n) is 3.50. The average Bonchev–Trinajstić information content (AvgIpc) is 3.16. The second-order valence-corrected chi connectivity index (χ2v) is 7.03. The van der Waals surface area contributed by atoms with Crippen LogP contribution in [0, 0.1) is 0 Å². The lowest BCUT2D eigenvalue weighted by Crippen LogP contribution is -2.30. The first kappa shape index (κ1) is 18.9. The van der Waals surface area contributed by atoms with Crippen LogP contribution in [0.2, 0.25) is 0 Å². The standard InChI is InChI=1S/C22H23N5O2/c28-20-7-3-13-27(20)14-4-10-25-22(29)17-9-11-23-19(15-17)26-21-18-6-2-1-5-16(18)8-12-24-21/h1-2,5-6,8-9,11-12,15H,3-4,7,10,13-14H2,(H,25,29)(H,23,24,26). The van der Waals surface area contributed by atoms with Crippen LogP contribution < -0.4 is 10.6 Å². The Labute approximate surface area is 169 Å². The van der Waals surface area contributed by atoms with E-state index < -0.39 is 0 Å². The van der Waals surface area contributed by atoms with Crippen molar-refractivity contribution in [2.75, 3.05) is 25.0 Å². The Morgan fingerprint density at radius 3 is 2.83 bits per heavy atom. The maximum absolute atomic E-state index is 12.5. The molecule has 1 aliphatic rings. The summed E-state index contributed by atoms with van der Waals surface area (Å²) in [7, 11) is 0. The summed E-state index contributed by atoms with van der Waals surface area (Å²) < 4.78 is 0. The van der Waals surface area contributed by atoms with Gasteiger partial charge in [0.2, 0.25) is 5.91 Å². The van der Waals surface area contributed by atoms with Gasteiger partial charge in [0, 0.05) is 49.4 Å². The second-order valence-electron chi connectivity index (χ2n) is 7.03. The van der Waals surface area contributed by atoms with E-state index in [0.717, 1.165) is 30.2 Å². The number of fused-ring (bicyclic) bond motifs is 1. The molecule has 0 radical (unpaired) electrons. The van der Waals surface area contributed by atoms with Crippen LogP contribution >= 0.6 is 0 Å². The molecule has 1 aliphatic heterocycles. The molecule has 1 aromatic carbocycles. The number of carbonyl (C=O) groups is 2. The predicted octanol–water partition coefficient (Wildman–Crippen LogP) is 3.12.